The number of fused-ring (bicyclic) bond motifs is 3. The monoisotopic (exact) mass is 531 g/mol. The van der Waals surface area contributed by atoms with Crippen molar-refractivity contribution in [3.8, 4) is 11.5 Å². The third-order valence-corrected chi connectivity index (χ3v) is 8.10. The first-order valence-corrected chi connectivity index (χ1v) is 14.2. The van der Waals surface area contributed by atoms with Crippen molar-refractivity contribution in [2.45, 2.75) is 72.5 Å². The van der Waals surface area contributed by atoms with Gasteiger partial charge in [0, 0.05) is 43.5 Å². The number of hydrogen-bond donors (Lipinski definition) is 0. The van der Waals surface area contributed by atoms with Gasteiger partial charge in [0.05, 0.1) is 26.3 Å². The number of benzene rings is 2. The average molecular weight is 532 g/mol. The van der Waals surface area contributed by atoms with Gasteiger partial charge in [-0.3, -0.25) is 9.80 Å². The Bertz CT molecular complexity index is 1240. The normalized spacial score (nSPS) is 18.0. The Labute approximate surface area is 234 Å². The summed E-state index contributed by atoms with van der Waals surface area (Å²) < 4.78 is 11.2. The van der Waals surface area contributed by atoms with Crippen molar-refractivity contribution in [2.24, 2.45) is 0 Å². The van der Waals surface area contributed by atoms with Crippen LogP contribution in [0.3, 0.4) is 0 Å². The highest BCUT2D eigenvalue weighted by Crippen LogP contribution is 2.47. The van der Waals surface area contributed by atoms with Crippen LogP contribution in [0.1, 0.15) is 61.4 Å². The molecule has 0 N–H and O–H groups in total. The summed E-state index contributed by atoms with van der Waals surface area (Å²) in [6.45, 7) is 18.4. The van der Waals surface area contributed by atoms with E-state index in [1.807, 2.05) is 37.8 Å². The molecule has 0 radical (unpaired) electrons. The maximum absolute atomic E-state index is 14.0. The molecule has 0 aliphatic carbocycles. The summed E-state index contributed by atoms with van der Waals surface area (Å²) in [5, 5.41) is 0. The summed E-state index contributed by atoms with van der Waals surface area (Å²) in [6.07, 6.45) is 4.83. The Balaban J connectivity index is 0.00000172. The van der Waals surface area contributed by atoms with Crippen LogP contribution in [0.15, 0.2) is 54.3 Å². The van der Waals surface area contributed by atoms with E-state index in [2.05, 4.69) is 54.5 Å². The number of piperidine rings is 1. The number of carbonyl (C=O) groups is 1. The van der Waals surface area contributed by atoms with Crippen LogP contribution in [0.4, 0.5) is 4.79 Å². The Morgan fingerprint density at radius 3 is 2.26 bits per heavy atom. The molecule has 0 unspecified atom stereocenters. The Morgan fingerprint density at radius 2 is 1.67 bits per heavy atom. The molecule has 39 heavy (non-hydrogen) atoms. The number of likely N-dealkylation sites (tertiary alicyclic amines) is 1. The van der Waals surface area contributed by atoms with E-state index in [0.717, 1.165) is 72.8 Å². The number of methoxy groups -OCH3 is 2. The molecular formula is C33H45N3O3. The SMILES string of the molecule is C=C(C)CN1C(=O)N2Cc3cc(OC)cc(OC)c3CC=C2C12CCN(Cc1cc(C)cc(C)c1)CC2.CC. The molecule has 2 fully saturated rings. The van der Waals surface area contributed by atoms with E-state index in [0.29, 0.717) is 13.1 Å². The van der Waals surface area contributed by atoms with Gasteiger partial charge in [0.1, 0.15) is 11.5 Å². The lowest BCUT2D eigenvalue weighted by Crippen LogP contribution is -2.54. The molecule has 6 heteroatoms. The fraction of sp³-hybridized carbons (Fsp3) is 0.485. The van der Waals surface area contributed by atoms with Crippen LogP contribution >= 0.6 is 0 Å². The van der Waals surface area contributed by atoms with Crippen LogP contribution in [0.5, 0.6) is 11.5 Å². The summed E-state index contributed by atoms with van der Waals surface area (Å²) >= 11 is 0. The second-order valence-corrected chi connectivity index (χ2v) is 11.0. The van der Waals surface area contributed by atoms with Crippen molar-refractivity contribution in [2.75, 3.05) is 33.9 Å². The van der Waals surface area contributed by atoms with Gasteiger partial charge in [-0.25, -0.2) is 4.79 Å². The number of ether oxygens (including phenoxy) is 2. The van der Waals surface area contributed by atoms with E-state index in [9.17, 15) is 4.79 Å². The molecule has 0 aromatic heterocycles. The van der Waals surface area contributed by atoms with Gasteiger partial charge >= 0.3 is 6.03 Å². The van der Waals surface area contributed by atoms with Gasteiger partial charge in [0.2, 0.25) is 0 Å². The molecule has 3 heterocycles. The van der Waals surface area contributed by atoms with Crippen LogP contribution in [0, 0.1) is 13.8 Å². The summed E-state index contributed by atoms with van der Waals surface area (Å²) in [6, 6.07) is 10.9. The summed E-state index contributed by atoms with van der Waals surface area (Å²) in [4.78, 5) is 20.6. The average Bonchev–Trinajstić information content (AvgIpc) is 3.03. The molecule has 5 rings (SSSR count). The topological polar surface area (TPSA) is 45.3 Å². The zero-order chi connectivity index (χ0) is 28.3. The minimum absolute atomic E-state index is 0.0756. The highest BCUT2D eigenvalue weighted by atomic mass is 16.5. The van der Waals surface area contributed by atoms with E-state index in [-0.39, 0.29) is 11.6 Å². The van der Waals surface area contributed by atoms with E-state index >= 15 is 0 Å². The zero-order valence-electron chi connectivity index (χ0n) is 24.9. The number of nitrogens with zero attached hydrogens (tertiary/aromatic N) is 3. The maximum Gasteiger partial charge on any atom is 0.325 e. The Kier molecular flexibility index (Phi) is 8.75. The number of urea groups is 1. The minimum atomic E-state index is -0.311. The second-order valence-electron chi connectivity index (χ2n) is 11.0. The molecule has 210 valence electrons. The van der Waals surface area contributed by atoms with Gasteiger partial charge in [-0.1, -0.05) is 61.4 Å². The van der Waals surface area contributed by atoms with Crippen molar-refractivity contribution in [3.63, 3.8) is 0 Å². The number of hydrogen-bond acceptors (Lipinski definition) is 4. The van der Waals surface area contributed by atoms with E-state index < -0.39 is 0 Å². The van der Waals surface area contributed by atoms with Gasteiger partial charge in [-0.15, -0.1) is 0 Å². The van der Waals surface area contributed by atoms with Crippen LogP contribution in [-0.4, -0.2) is 60.1 Å². The smallest absolute Gasteiger partial charge is 0.325 e. The molecule has 1 spiro atoms. The fourth-order valence-corrected chi connectivity index (χ4v) is 6.51. The predicted octanol–water partition coefficient (Wildman–Crippen LogP) is 6.64. The third-order valence-electron chi connectivity index (χ3n) is 8.10. The van der Waals surface area contributed by atoms with Crippen LogP contribution < -0.4 is 9.47 Å². The lowest BCUT2D eigenvalue weighted by Gasteiger charge is -2.44. The van der Waals surface area contributed by atoms with Crippen LogP contribution in [0.25, 0.3) is 0 Å². The van der Waals surface area contributed by atoms with Crippen LogP contribution in [-0.2, 0) is 19.5 Å². The van der Waals surface area contributed by atoms with Crippen molar-refractivity contribution in [1.29, 1.82) is 0 Å². The van der Waals surface area contributed by atoms with Gasteiger partial charge in [0.25, 0.3) is 0 Å². The molecule has 0 saturated carbocycles. The summed E-state index contributed by atoms with van der Waals surface area (Å²) in [5.74, 6) is 1.56. The highest BCUT2D eigenvalue weighted by Gasteiger charge is 2.54. The number of carbonyl (C=O) groups excluding carboxylic acids is 1. The first kappa shape index (κ1) is 28.8. The zero-order valence-corrected chi connectivity index (χ0v) is 24.9. The van der Waals surface area contributed by atoms with Gasteiger partial charge in [-0.2, -0.15) is 0 Å². The molecular weight excluding hydrogens is 486 g/mol. The molecule has 6 nitrogen and oxygen atoms in total. The van der Waals surface area contributed by atoms with Crippen molar-refractivity contribution >= 4 is 6.03 Å². The molecule has 2 saturated heterocycles. The fourth-order valence-electron chi connectivity index (χ4n) is 6.51. The van der Waals surface area contributed by atoms with Gasteiger partial charge in [-0.05, 0) is 57.2 Å². The lowest BCUT2D eigenvalue weighted by atomic mass is 9.82. The standard InChI is InChI=1S/C31H39N3O3.C2H6/c1-21(2)18-34-30(35)33-20-25-16-26(36-5)17-28(37-6)27(25)7-8-29(33)31(34)9-11-32(12-10-31)19-24-14-22(3)13-23(4)15-24;1-2/h8,13-17H,1,7,9-12,18-20H2,2-6H3;1-2H3. The molecule has 3 aliphatic rings. The van der Waals surface area contributed by atoms with E-state index in [4.69, 9.17) is 9.47 Å². The second kappa shape index (κ2) is 11.9. The molecule has 2 amide bonds. The number of rotatable bonds is 6. The Hall–Kier alpha value is -3.25. The molecule has 2 aromatic rings. The largest absolute Gasteiger partial charge is 0.497 e. The van der Waals surface area contributed by atoms with Crippen LogP contribution in [0.2, 0.25) is 0 Å². The van der Waals surface area contributed by atoms with Crippen molar-refractivity contribution in [1.82, 2.24) is 14.7 Å². The molecule has 0 atom stereocenters. The van der Waals surface area contributed by atoms with Gasteiger partial charge in [0.15, 0.2) is 0 Å². The predicted molar refractivity (Wildman–Crippen MR) is 158 cm³/mol. The van der Waals surface area contributed by atoms with E-state index in [1.165, 1.54) is 16.7 Å². The number of amides is 2. The summed E-state index contributed by atoms with van der Waals surface area (Å²) in [7, 11) is 3.36. The first-order chi connectivity index (χ1) is 18.7. The Morgan fingerprint density at radius 1 is 1.00 bits per heavy atom. The van der Waals surface area contributed by atoms with Gasteiger partial charge < -0.3 is 14.4 Å². The van der Waals surface area contributed by atoms with E-state index in [1.54, 1.807) is 14.2 Å². The molecule has 3 aliphatic heterocycles. The molecule has 2 aromatic carbocycles. The number of aryl methyl sites for hydroxylation is 2. The lowest BCUT2D eigenvalue weighted by molar-refractivity contribution is 0.0909. The molecule has 0 bridgehead atoms. The highest BCUT2D eigenvalue weighted by molar-refractivity contribution is 5.83. The maximum atomic E-state index is 14.0. The van der Waals surface area contributed by atoms with Crippen molar-refractivity contribution in [3.05, 3.63) is 82.1 Å². The summed E-state index contributed by atoms with van der Waals surface area (Å²) in [5.41, 5.74) is 8.03. The quantitative estimate of drug-likeness (QED) is 0.392. The number of allylic oxidation sites excluding steroid dienone is 1. The third kappa shape index (κ3) is 5.58. The minimum Gasteiger partial charge on any atom is -0.497 e. The first-order valence-electron chi connectivity index (χ1n) is 14.2. The van der Waals surface area contributed by atoms with Crippen molar-refractivity contribution < 1.29 is 14.3 Å².